The van der Waals surface area contributed by atoms with Crippen LogP contribution in [0, 0.1) is 0 Å². The highest BCUT2D eigenvalue weighted by atomic mass is 31.1. The van der Waals surface area contributed by atoms with Gasteiger partial charge in [-0.25, -0.2) is 0 Å². The summed E-state index contributed by atoms with van der Waals surface area (Å²) in [5.41, 5.74) is 3.63. The lowest BCUT2D eigenvalue weighted by Gasteiger charge is -2.32. The Hall–Kier alpha value is -1.13. The van der Waals surface area contributed by atoms with E-state index >= 15 is 0 Å². The van der Waals surface area contributed by atoms with E-state index in [9.17, 15) is 0 Å². The molecular formula is C18H23P. The van der Waals surface area contributed by atoms with Gasteiger partial charge in [-0.15, -0.1) is 8.58 Å². The van der Waals surface area contributed by atoms with E-state index < -0.39 is 0 Å². The maximum absolute atomic E-state index is 2.41. The van der Waals surface area contributed by atoms with Gasteiger partial charge in [0.15, 0.2) is 0 Å². The van der Waals surface area contributed by atoms with Gasteiger partial charge in [0.2, 0.25) is 0 Å². The molecule has 2 aromatic carbocycles. The van der Waals surface area contributed by atoms with Gasteiger partial charge >= 0.3 is 0 Å². The minimum atomic E-state index is 0.247. The quantitative estimate of drug-likeness (QED) is 0.652. The Bertz CT molecular complexity index is 490. The monoisotopic (exact) mass is 270 g/mol. The van der Waals surface area contributed by atoms with Crippen LogP contribution in [0.15, 0.2) is 60.7 Å². The fraction of sp³-hybridized carbons (Fsp3) is 0.333. The first-order valence-electron chi connectivity index (χ1n) is 6.97. The third-order valence-corrected chi connectivity index (χ3v) is 5.10. The molecule has 0 aliphatic rings. The minimum Gasteiger partial charge on any atom is -0.108 e. The molecule has 0 aliphatic carbocycles. The minimum absolute atomic E-state index is 0.247. The molecule has 2 aromatic rings. The van der Waals surface area contributed by atoms with Crippen LogP contribution >= 0.6 is 8.58 Å². The average Bonchev–Trinajstić information content (AvgIpc) is 2.40. The van der Waals surface area contributed by atoms with Crippen molar-refractivity contribution in [3.63, 3.8) is 0 Å². The Kier molecular flexibility index (Phi) is 4.77. The summed E-state index contributed by atoms with van der Waals surface area (Å²) < 4.78 is 0. The zero-order valence-electron chi connectivity index (χ0n) is 12.1. The van der Waals surface area contributed by atoms with Gasteiger partial charge in [0.05, 0.1) is 0 Å². The fourth-order valence-electron chi connectivity index (χ4n) is 2.68. The van der Waals surface area contributed by atoms with Gasteiger partial charge in [0.25, 0.3) is 0 Å². The van der Waals surface area contributed by atoms with Crippen molar-refractivity contribution < 1.29 is 0 Å². The maximum Gasteiger partial charge on any atom is 0.0140 e. The molecule has 0 nitrogen and oxygen atoms in total. The highest BCUT2D eigenvalue weighted by Crippen LogP contribution is 2.46. The van der Waals surface area contributed by atoms with E-state index in [1.807, 2.05) is 0 Å². The van der Waals surface area contributed by atoms with Crippen LogP contribution in [0.2, 0.25) is 0 Å². The second kappa shape index (κ2) is 6.35. The molecule has 2 atom stereocenters. The molecule has 0 amide bonds. The summed E-state index contributed by atoms with van der Waals surface area (Å²) in [5.74, 6) is 0. The van der Waals surface area contributed by atoms with Crippen molar-refractivity contribution in [3.8, 4) is 0 Å². The smallest absolute Gasteiger partial charge is 0.0140 e. The van der Waals surface area contributed by atoms with Crippen molar-refractivity contribution in [3.05, 3.63) is 71.8 Å². The van der Waals surface area contributed by atoms with Crippen LogP contribution in [0.1, 0.15) is 31.9 Å². The second-order valence-corrected chi connectivity index (χ2v) is 8.21. The topological polar surface area (TPSA) is 0 Å². The van der Waals surface area contributed by atoms with Crippen molar-refractivity contribution in [1.29, 1.82) is 0 Å². The summed E-state index contributed by atoms with van der Waals surface area (Å²) in [4.78, 5) is 0. The van der Waals surface area contributed by atoms with E-state index in [4.69, 9.17) is 0 Å². The molecule has 19 heavy (non-hydrogen) atoms. The molecule has 0 N–H and O–H groups in total. The largest absolute Gasteiger partial charge is 0.108 e. The van der Waals surface area contributed by atoms with Gasteiger partial charge in [-0.2, -0.15) is 0 Å². The molecule has 0 saturated heterocycles. The predicted octanol–water partition coefficient (Wildman–Crippen LogP) is 5.23. The van der Waals surface area contributed by atoms with Gasteiger partial charge in [0.1, 0.15) is 0 Å². The Balaban J connectivity index is 2.30. The summed E-state index contributed by atoms with van der Waals surface area (Å²) in [5, 5.41) is 0.247. The first-order valence-corrected chi connectivity index (χ1v) is 8.05. The normalized spacial score (nSPS) is 14.9. The van der Waals surface area contributed by atoms with Crippen LogP contribution in [-0.2, 0) is 11.6 Å². The van der Waals surface area contributed by atoms with Crippen LogP contribution in [-0.4, -0.2) is 5.66 Å². The van der Waals surface area contributed by atoms with Crippen molar-refractivity contribution in [2.75, 3.05) is 0 Å². The highest BCUT2D eigenvalue weighted by molar-refractivity contribution is 7.40. The van der Waals surface area contributed by atoms with E-state index in [2.05, 4.69) is 81.4 Å². The molecule has 0 spiro atoms. The predicted molar refractivity (Wildman–Crippen MR) is 87.4 cm³/mol. The van der Waals surface area contributed by atoms with E-state index in [0.29, 0.717) is 0 Å². The highest BCUT2D eigenvalue weighted by Gasteiger charge is 2.27. The van der Waals surface area contributed by atoms with Gasteiger partial charge in [-0.05, 0) is 23.2 Å². The van der Waals surface area contributed by atoms with Gasteiger partial charge in [-0.3, -0.25) is 0 Å². The molecule has 0 heterocycles. The standard InChI is InChI=1S/C18H23P/c1-15(2)19-18(3,17-12-8-5-9-13-17)14-16-10-6-4-7-11-16/h4-13,15,19H,14H2,1-3H3. The fourth-order valence-corrected chi connectivity index (χ4v) is 4.60. The first-order chi connectivity index (χ1) is 9.10. The molecule has 0 bridgehead atoms. The van der Waals surface area contributed by atoms with E-state index in [1.165, 1.54) is 11.1 Å². The first kappa shape index (κ1) is 14.3. The van der Waals surface area contributed by atoms with Crippen molar-refractivity contribution in [2.24, 2.45) is 0 Å². The molecule has 0 aliphatic heterocycles. The molecule has 0 aromatic heterocycles. The van der Waals surface area contributed by atoms with Crippen LogP contribution in [0.4, 0.5) is 0 Å². The number of rotatable bonds is 5. The van der Waals surface area contributed by atoms with Crippen LogP contribution < -0.4 is 0 Å². The van der Waals surface area contributed by atoms with Gasteiger partial charge < -0.3 is 0 Å². The summed E-state index contributed by atoms with van der Waals surface area (Å²) in [7, 11) is 0.936. The molecule has 0 saturated carbocycles. The van der Waals surface area contributed by atoms with Crippen molar-refractivity contribution >= 4 is 8.58 Å². The Labute approximate surface area is 119 Å². The molecule has 2 unspecified atom stereocenters. The molecule has 0 fully saturated rings. The van der Waals surface area contributed by atoms with Crippen molar-refractivity contribution in [2.45, 2.75) is 38.0 Å². The average molecular weight is 270 g/mol. The number of benzene rings is 2. The lowest BCUT2D eigenvalue weighted by molar-refractivity contribution is 0.673. The molecule has 100 valence electrons. The summed E-state index contributed by atoms with van der Waals surface area (Å²) in [6.07, 6.45) is 1.12. The lowest BCUT2D eigenvalue weighted by atomic mass is 9.92. The molecule has 0 radical (unpaired) electrons. The van der Waals surface area contributed by atoms with E-state index in [1.54, 1.807) is 0 Å². The van der Waals surface area contributed by atoms with Crippen molar-refractivity contribution in [1.82, 2.24) is 0 Å². The molecular weight excluding hydrogens is 247 g/mol. The Morgan fingerprint density at radius 1 is 0.895 bits per heavy atom. The second-order valence-electron chi connectivity index (χ2n) is 5.66. The Morgan fingerprint density at radius 2 is 1.42 bits per heavy atom. The summed E-state index contributed by atoms with van der Waals surface area (Å²) in [6.45, 7) is 7.06. The number of hydrogen-bond donors (Lipinski definition) is 0. The maximum atomic E-state index is 2.41. The zero-order valence-corrected chi connectivity index (χ0v) is 13.1. The SMILES string of the molecule is CC(C)PC(C)(Cc1ccccc1)c1ccccc1. The summed E-state index contributed by atoms with van der Waals surface area (Å²) in [6, 6.07) is 21.8. The Morgan fingerprint density at radius 3 is 1.95 bits per heavy atom. The molecule has 1 heteroatoms. The van der Waals surface area contributed by atoms with Gasteiger partial charge in [-0.1, -0.05) is 81.4 Å². The van der Waals surface area contributed by atoms with E-state index in [-0.39, 0.29) is 5.16 Å². The summed E-state index contributed by atoms with van der Waals surface area (Å²) >= 11 is 0. The molecule has 2 rings (SSSR count). The third-order valence-electron chi connectivity index (χ3n) is 3.42. The third kappa shape index (κ3) is 3.91. The zero-order chi connectivity index (χ0) is 13.7. The van der Waals surface area contributed by atoms with Crippen LogP contribution in [0.25, 0.3) is 0 Å². The van der Waals surface area contributed by atoms with Crippen LogP contribution in [0.5, 0.6) is 0 Å². The lowest BCUT2D eigenvalue weighted by Crippen LogP contribution is -2.21. The number of hydrogen-bond acceptors (Lipinski definition) is 0. The van der Waals surface area contributed by atoms with E-state index in [0.717, 1.165) is 20.7 Å². The van der Waals surface area contributed by atoms with Crippen LogP contribution in [0.3, 0.4) is 0 Å². The van der Waals surface area contributed by atoms with Gasteiger partial charge in [0, 0.05) is 5.16 Å².